The molecule has 0 radical (unpaired) electrons. The molecule has 0 saturated carbocycles. The van der Waals surface area contributed by atoms with Crippen LogP contribution in [0.5, 0.6) is 5.75 Å². The van der Waals surface area contributed by atoms with E-state index in [4.69, 9.17) is 4.74 Å². The Bertz CT molecular complexity index is 729. The Balaban J connectivity index is 1.75. The molecule has 0 saturated heterocycles. The first-order valence-corrected chi connectivity index (χ1v) is 7.42. The number of hydrogen-bond acceptors (Lipinski definition) is 7. The van der Waals surface area contributed by atoms with E-state index in [1.165, 1.54) is 41.6 Å². The number of anilines is 2. The lowest BCUT2D eigenvalue weighted by Gasteiger charge is -2.15. The van der Waals surface area contributed by atoms with Gasteiger partial charge in [0, 0.05) is 25.1 Å². The second kappa shape index (κ2) is 9.25. The van der Waals surface area contributed by atoms with E-state index in [-0.39, 0.29) is 12.3 Å². The van der Waals surface area contributed by atoms with Gasteiger partial charge in [-0.25, -0.2) is 9.97 Å². The lowest BCUT2D eigenvalue weighted by atomic mass is 10.3. The second-order valence-corrected chi connectivity index (χ2v) is 5.02. The van der Waals surface area contributed by atoms with Gasteiger partial charge in [-0.05, 0) is 30.3 Å². The summed E-state index contributed by atoms with van der Waals surface area (Å²) in [6, 6.07) is 6.98. The molecular weight excluding hydrogens is 350 g/mol. The summed E-state index contributed by atoms with van der Waals surface area (Å²) in [6.07, 6.45) is 3.07. The highest BCUT2D eigenvalue weighted by Gasteiger charge is 2.12. The zero-order valence-corrected chi connectivity index (χ0v) is 13.8. The van der Waals surface area contributed by atoms with Crippen molar-refractivity contribution >= 4 is 23.5 Å². The SMILES string of the molecule is CN(CC(=O)OCC(=O)Nc1ccc(OC(F)F)cc1)c1ncccn1. The number of nitrogens with one attached hydrogen (secondary N) is 1. The number of alkyl halides is 2. The van der Waals surface area contributed by atoms with Crippen molar-refractivity contribution in [2.45, 2.75) is 6.61 Å². The largest absolute Gasteiger partial charge is 0.454 e. The van der Waals surface area contributed by atoms with Gasteiger partial charge >= 0.3 is 12.6 Å². The summed E-state index contributed by atoms with van der Waals surface area (Å²) in [6.45, 7) is -3.54. The third kappa shape index (κ3) is 6.30. The normalized spacial score (nSPS) is 10.3. The summed E-state index contributed by atoms with van der Waals surface area (Å²) in [4.78, 5) is 32.9. The molecule has 1 N–H and O–H groups in total. The Morgan fingerprint density at radius 2 is 1.85 bits per heavy atom. The molecule has 138 valence electrons. The molecule has 1 amide bonds. The summed E-state index contributed by atoms with van der Waals surface area (Å²) in [5.41, 5.74) is 0.350. The number of carbonyl (C=O) groups excluding carboxylic acids is 2. The smallest absolute Gasteiger partial charge is 0.387 e. The minimum absolute atomic E-state index is 0.0319. The first-order valence-electron chi connectivity index (χ1n) is 7.42. The fourth-order valence-corrected chi connectivity index (χ4v) is 1.86. The fourth-order valence-electron chi connectivity index (χ4n) is 1.86. The number of benzene rings is 1. The molecule has 10 heteroatoms. The van der Waals surface area contributed by atoms with Gasteiger partial charge in [0.2, 0.25) is 5.95 Å². The Morgan fingerprint density at radius 3 is 2.46 bits per heavy atom. The maximum Gasteiger partial charge on any atom is 0.387 e. The first-order chi connectivity index (χ1) is 12.4. The zero-order chi connectivity index (χ0) is 18.9. The van der Waals surface area contributed by atoms with Gasteiger partial charge in [-0.2, -0.15) is 8.78 Å². The topological polar surface area (TPSA) is 93.7 Å². The van der Waals surface area contributed by atoms with Crippen LogP contribution < -0.4 is 15.0 Å². The van der Waals surface area contributed by atoms with Gasteiger partial charge in [0.25, 0.3) is 5.91 Å². The third-order valence-electron chi connectivity index (χ3n) is 2.99. The molecular formula is C16H16F2N4O4. The molecule has 1 aromatic carbocycles. The van der Waals surface area contributed by atoms with Gasteiger partial charge < -0.3 is 19.7 Å². The molecule has 1 heterocycles. The van der Waals surface area contributed by atoms with Crippen molar-refractivity contribution in [1.82, 2.24) is 9.97 Å². The summed E-state index contributed by atoms with van der Waals surface area (Å²) < 4.78 is 33.2. The number of amides is 1. The molecule has 2 rings (SSSR count). The molecule has 0 aliphatic heterocycles. The van der Waals surface area contributed by atoms with Crippen molar-refractivity contribution in [3.8, 4) is 5.75 Å². The maximum absolute atomic E-state index is 12.1. The Morgan fingerprint density at radius 1 is 1.19 bits per heavy atom. The van der Waals surface area contributed by atoms with Crippen molar-refractivity contribution in [1.29, 1.82) is 0 Å². The van der Waals surface area contributed by atoms with Crippen LogP contribution in [0, 0.1) is 0 Å². The van der Waals surface area contributed by atoms with Crippen LogP contribution in [-0.4, -0.2) is 48.7 Å². The molecule has 2 aromatic rings. The Kier molecular flexibility index (Phi) is 6.77. The number of nitrogens with zero attached hydrogens (tertiary/aromatic N) is 3. The molecule has 8 nitrogen and oxygen atoms in total. The van der Waals surface area contributed by atoms with E-state index in [9.17, 15) is 18.4 Å². The third-order valence-corrected chi connectivity index (χ3v) is 2.99. The minimum atomic E-state index is -2.92. The monoisotopic (exact) mass is 366 g/mol. The fraction of sp³-hybridized carbons (Fsp3) is 0.250. The Labute approximate surface area is 147 Å². The van der Waals surface area contributed by atoms with Crippen LogP contribution in [0.4, 0.5) is 20.4 Å². The van der Waals surface area contributed by atoms with E-state index < -0.39 is 25.1 Å². The van der Waals surface area contributed by atoms with E-state index in [1.54, 1.807) is 13.1 Å². The number of likely N-dealkylation sites (N-methyl/N-ethyl adjacent to an activating group) is 1. The van der Waals surface area contributed by atoms with Crippen LogP contribution in [0.15, 0.2) is 42.7 Å². The average Bonchev–Trinajstić information content (AvgIpc) is 2.62. The standard InChI is InChI=1S/C16H16F2N4O4/c1-22(16-19-7-2-8-20-16)9-14(24)25-10-13(23)21-11-3-5-12(6-4-11)26-15(17)18/h2-8,15H,9-10H2,1H3,(H,21,23). The summed E-state index contributed by atoms with van der Waals surface area (Å²) in [5, 5.41) is 2.47. The van der Waals surface area contributed by atoms with Gasteiger partial charge in [0.1, 0.15) is 12.3 Å². The number of halogens is 2. The highest BCUT2D eigenvalue weighted by molar-refractivity contribution is 5.93. The number of hydrogen-bond donors (Lipinski definition) is 1. The van der Waals surface area contributed by atoms with Crippen LogP contribution in [0.3, 0.4) is 0 Å². The summed E-state index contributed by atoms with van der Waals surface area (Å²) in [7, 11) is 1.61. The molecule has 0 unspecified atom stereocenters. The van der Waals surface area contributed by atoms with Crippen LogP contribution in [0.25, 0.3) is 0 Å². The van der Waals surface area contributed by atoms with Gasteiger partial charge in [-0.3, -0.25) is 9.59 Å². The van der Waals surface area contributed by atoms with Crippen molar-refractivity contribution in [2.75, 3.05) is 30.4 Å². The number of carbonyl (C=O) groups is 2. The number of rotatable bonds is 8. The van der Waals surface area contributed by atoms with Gasteiger partial charge in [0.05, 0.1) is 0 Å². The predicted molar refractivity (Wildman–Crippen MR) is 88.0 cm³/mol. The first kappa shape index (κ1) is 19.0. The Hall–Kier alpha value is -3.30. The quantitative estimate of drug-likeness (QED) is 0.711. The van der Waals surface area contributed by atoms with Gasteiger partial charge in [-0.15, -0.1) is 0 Å². The molecule has 26 heavy (non-hydrogen) atoms. The summed E-state index contributed by atoms with van der Waals surface area (Å²) >= 11 is 0. The van der Waals surface area contributed by atoms with Crippen LogP contribution in [0.2, 0.25) is 0 Å². The molecule has 0 atom stereocenters. The van der Waals surface area contributed by atoms with Gasteiger partial charge in [-0.1, -0.05) is 0 Å². The highest BCUT2D eigenvalue weighted by atomic mass is 19.3. The molecule has 0 fully saturated rings. The van der Waals surface area contributed by atoms with Crippen molar-refractivity contribution in [3.63, 3.8) is 0 Å². The maximum atomic E-state index is 12.1. The number of ether oxygens (including phenoxy) is 2. The number of esters is 1. The lowest BCUT2D eigenvalue weighted by molar-refractivity contribution is -0.145. The minimum Gasteiger partial charge on any atom is -0.454 e. The van der Waals surface area contributed by atoms with E-state index in [1.807, 2.05) is 0 Å². The van der Waals surface area contributed by atoms with Crippen LogP contribution in [-0.2, 0) is 14.3 Å². The highest BCUT2D eigenvalue weighted by Crippen LogP contribution is 2.17. The zero-order valence-electron chi connectivity index (χ0n) is 13.8. The van der Waals surface area contributed by atoms with Crippen molar-refractivity contribution in [2.24, 2.45) is 0 Å². The molecule has 0 spiro atoms. The van der Waals surface area contributed by atoms with Crippen LogP contribution >= 0.6 is 0 Å². The summed E-state index contributed by atoms with van der Waals surface area (Å²) in [5.74, 6) is -0.883. The van der Waals surface area contributed by atoms with Gasteiger partial charge in [0.15, 0.2) is 6.61 Å². The van der Waals surface area contributed by atoms with E-state index >= 15 is 0 Å². The van der Waals surface area contributed by atoms with E-state index in [0.717, 1.165) is 0 Å². The molecule has 0 aliphatic carbocycles. The lowest BCUT2D eigenvalue weighted by Crippen LogP contribution is -2.30. The molecule has 0 aliphatic rings. The number of aromatic nitrogens is 2. The second-order valence-electron chi connectivity index (χ2n) is 5.02. The van der Waals surface area contributed by atoms with E-state index in [2.05, 4.69) is 20.0 Å². The predicted octanol–water partition coefficient (Wildman–Crippen LogP) is 1.70. The van der Waals surface area contributed by atoms with Crippen LogP contribution in [0.1, 0.15) is 0 Å². The molecule has 0 bridgehead atoms. The molecule has 1 aromatic heterocycles. The average molecular weight is 366 g/mol. The van der Waals surface area contributed by atoms with Crippen molar-refractivity contribution in [3.05, 3.63) is 42.7 Å². The van der Waals surface area contributed by atoms with Crippen molar-refractivity contribution < 1.29 is 27.8 Å². The van der Waals surface area contributed by atoms with E-state index in [0.29, 0.717) is 11.6 Å².